The van der Waals surface area contributed by atoms with E-state index in [1.165, 1.54) is 7.11 Å². The molecule has 12 heteroatoms. The summed E-state index contributed by atoms with van der Waals surface area (Å²) in [7, 11) is 1.31. The monoisotopic (exact) mass is 736 g/mol. The molecule has 0 saturated carbocycles. The first-order valence-corrected chi connectivity index (χ1v) is 11.1. The van der Waals surface area contributed by atoms with E-state index in [-0.39, 0.29) is 6.61 Å². The van der Waals surface area contributed by atoms with Crippen molar-refractivity contribution in [1.82, 2.24) is 20.6 Å². The van der Waals surface area contributed by atoms with Gasteiger partial charge < -0.3 is 29.6 Å². The fraction of sp³-hybridized carbons (Fsp3) is 0.500. The number of rotatable bonds is 7. The molecule has 1 fully saturated rings. The van der Waals surface area contributed by atoms with E-state index in [4.69, 9.17) is 14.3 Å². The number of alkyl carbamates (subject to hydrolysis) is 1. The van der Waals surface area contributed by atoms with Gasteiger partial charge in [-0.25, -0.2) is 9.78 Å². The Morgan fingerprint density at radius 2 is 1.97 bits per heavy atom. The van der Waals surface area contributed by atoms with Crippen molar-refractivity contribution in [3.05, 3.63) is 30.0 Å². The summed E-state index contributed by atoms with van der Waals surface area (Å²) in [6.45, 7) is 10.5. The van der Waals surface area contributed by atoms with Gasteiger partial charge in [0.25, 0.3) is 6.47 Å². The Balaban J connectivity index is 0.000000751. The van der Waals surface area contributed by atoms with Crippen LogP contribution in [0.4, 0.5) is 4.79 Å². The molecule has 0 spiro atoms. The average molecular weight is 737 g/mol. The van der Waals surface area contributed by atoms with Crippen LogP contribution in [0.1, 0.15) is 33.3 Å². The average Bonchev–Trinajstić information content (AvgIpc) is 3.45. The Kier molecular flexibility index (Phi) is 13.1. The first-order chi connectivity index (χ1) is 15.6. The molecule has 1 aromatic carbocycles. The van der Waals surface area contributed by atoms with Gasteiger partial charge in [-0.3, -0.25) is 4.79 Å². The number of nitrogens with one attached hydrogen (secondary N) is 2. The van der Waals surface area contributed by atoms with Crippen LogP contribution in [0, 0.1) is 6.92 Å². The molecule has 3 rings (SSSR count). The van der Waals surface area contributed by atoms with Crippen LogP contribution in [-0.2, 0) is 19.1 Å². The number of hydrogen-bond acceptors (Lipinski definition) is 9. The number of methoxy groups -OCH3 is 1. The molecule has 2 aromatic rings. The molecular weight excluding hydrogens is 705 g/mol. The van der Waals surface area contributed by atoms with Crippen molar-refractivity contribution in [2.75, 3.05) is 20.3 Å². The molecule has 2 atom stereocenters. The number of thioether (sulfide) groups is 1. The van der Waals surface area contributed by atoms with E-state index in [0.717, 1.165) is 16.5 Å². The number of amides is 2. The van der Waals surface area contributed by atoms with Gasteiger partial charge >= 0.3 is 12.1 Å². The fourth-order valence-corrected chi connectivity index (χ4v) is 2.77. The maximum Gasteiger partial charge on any atom is 0.407 e. The van der Waals surface area contributed by atoms with Crippen LogP contribution < -0.4 is 15.4 Å². The largest absolute Gasteiger partial charge is 0.520 e. The zero-order chi connectivity index (χ0) is 24.9. The summed E-state index contributed by atoms with van der Waals surface area (Å²) >= 11 is 1.74. The smallest absolute Gasteiger partial charge is 0.407 e. The van der Waals surface area contributed by atoms with Crippen molar-refractivity contribution in [3.8, 4) is 6.01 Å². The molecule has 2 N–H and O–H groups in total. The number of ether oxygens (including phenoxy) is 3. The molecule has 2 heterocycles. The quantitative estimate of drug-likeness (QED) is 0.145. The maximum absolute atomic E-state index is 11.5. The van der Waals surface area contributed by atoms with E-state index in [1.54, 1.807) is 24.4 Å². The topological polar surface area (TPSA) is 129 Å². The third kappa shape index (κ3) is 12.7. The molecule has 0 aliphatic carbocycles. The third-order valence-corrected chi connectivity index (χ3v) is 4.93. The van der Waals surface area contributed by atoms with Gasteiger partial charge in [-0.15, -0.1) is 11.8 Å². The Hall–Kier alpha value is -4.08. The maximum atomic E-state index is 11.5. The van der Waals surface area contributed by atoms with Crippen molar-refractivity contribution in [2.45, 2.75) is 50.8 Å². The predicted molar refractivity (Wildman–Crippen MR) is 127 cm³/mol. The summed E-state index contributed by atoms with van der Waals surface area (Å²) < 4.78 is 14.4. The number of aromatic nitrogens is 2. The van der Waals surface area contributed by atoms with Gasteiger partial charge in [0, 0.05) is 16.8 Å². The van der Waals surface area contributed by atoms with Gasteiger partial charge in [0.05, 0.1) is 24.5 Å². The number of fused-ring (bicyclic) bond motifs is 1. The zero-order valence-corrected chi connectivity index (χ0v) is 23.2. The minimum Gasteiger partial charge on any atom is -0.520 e. The first-order valence-electron chi connectivity index (χ1n) is 10.2. The molecule has 1 aliphatic rings. The van der Waals surface area contributed by atoms with Crippen molar-refractivity contribution in [1.29, 1.82) is 0 Å². The number of carbonyl (C=O) groups is 2. The predicted octanol–water partition coefficient (Wildman–Crippen LogP) is 2.74. The Bertz CT molecular complexity index is 913. The van der Waals surface area contributed by atoms with Gasteiger partial charge in [-0.1, -0.05) is 18.6 Å². The SMILES string of the molecule is CC1SC1N[C-]=O.COC=O.Cc1ccc2nc(OCCNC(=O)OC(C)(C)C)ncc2c1.[Fm]. The summed E-state index contributed by atoms with van der Waals surface area (Å²) in [5, 5.41) is 7.08. The molecular formula is C22H31FmN4O6S-. The Morgan fingerprint density at radius 3 is 2.47 bits per heavy atom. The number of nitrogens with zero attached hydrogens (tertiary/aromatic N) is 2. The van der Waals surface area contributed by atoms with Gasteiger partial charge in [0.2, 0.25) is 0 Å². The molecule has 194 valence electrons. The van der Waals surface area contributed by atoms with E-state index in [9.17, 15) is 9.59 Å². The van der Waals surface area contributed by atoms with Crippen molar-refractivity contribution < 1.29 is 28.6 Å². The van der Waals surface area contributed by atoms with Crippen LogP contribution in [-0.4, -0.2) is 65.4 Å². The number of hydrogen-bond donors (Lipinski definition) is 2. The van der Waals surface area contributed by atoms with Crippen molar-refractivity contribution in [3.63, 3.8) is 0 Å². The molecule has 1 aliphatic heterocycles. The molecule has 1 saturated heterocycles. The van der Waals surface area contributed by atoms with Gasteiger partial charge in [-0.2, -0.15) is 11.4 Å². The first kappa shape index (κ1) is 29.9. The molecule has 10 nitrogen and oxygen atoms in total. The summed E-state index contributed by atoms with van der Waals surface area (Å²) in [6, 6.07) is 6.23. The van der Waals surface area contributed by atoms with E-state index in [2.05, 4.69) is 32.3 Å². The molecule has 34 heavy (non-hydrogen) atoms. The van der Waals surface area contributed by atoms with Gasteiger partial charge in [0.15, 0.2) is 0 Å². The Labute approximate surface area is 198 Å². The standard InChI is InChI=1S/C16H21N3O3.C4H6NOS.C2H4O2.Fm/c1-11-5-6-13-12(9-11)10-18-14(19-13)21-8-7-17-15(20)22-16(2,3)4;1-3-4(7-3)5-2-6;1-4-2-3;/h5-6,9-10H,7-8H2,1-4H3,(H,17,20);3-4H,1H3,(H,5,6);2H,1H3;/q;-1;;. The number of carbonyl (C=O) groups excluding carboxylic acids is 3. The van der Waals surface area contributed by atoms with Crippen LogP contribution in [0.3, 0.4) is 0 Å². The molecule has 1 aromatic heterocycles. The second kappa shape index (κ2) is 14.9. The second-order valence-corrected chi connectivity index (χ2v) is 9.36. The van der Waals surface area contributed by atoms with Crippen LogP contribution in [0.2, 0.25) is 0 Å². The number of aryl methyl sites for hydroxylation is 1. The minimum absolute atomic E-state index is 0. The van der Waals surface area contributed by atoms with Crippen LogP contribution in [0.5, 0.6) is 6.01 Å². The third-order valence-electron chi connectivity index (χ3n) is 3.72. The summed E-state index contributed by atoms with van der Waals surface area (Å²) in [5.41, 5.74) is 1.48. The minimum atomic E-state index is -0.509. The summed E-state index contributed by atoms with van der Waals surface area (Å²) in [6.07, 6.45) is 2.90. The van der Waals surface area contributed by atoms with Crippen molar-refractivity contribution in [2.24, 2.45) is 0 Å². The Morgan fingerprint density at radius 1 is 1.32 bits per heavy atom. The summed E-state index contributed by atoms with van der Waals surface area (Å²) in [4.78, 5) is 38.4. The van der Waals surface area contributed by atoms with Crippen molar-refractivity contribution >= 4 is 41.6 Å². The normalized spacial score (nSPS) is 15.6. The molecule has 2 unspecified atom stereocenters. The van der Waals surface area contributed by atoms with Gasteiger partial charge in [-0.05, 0) is 39.8 Å². The molecule has 2 amide bonds. The summed E-state index contributed by atoms with van der Waals surface area (Å²) in [5.74, 6) is 0. The molecule has 0 bridgehead atoms. The van der Waals surface area contributed by atoms with Crippen LogP contribution in [0.25, 0.3) is 10.9 Å². The van der Waals surface area contributed by atoms with E-state index in [1.807, 2.05) is 45.9 Å². The second-order valence-electron chi connectivity index (χ2n) is 7.83. The van der Waals surface area contributed by atoms with E-state index >= 15 is 0 Å². The molecule has 0 radical (unpaired) electrons. The fourth-order valence-electron chi connectivity index (χ4n) is 2.21. The van der Waals surface area contributed by atoms with E-state index in [0.29, 0.717) is 29.7 Å². The van der Waals surface area contributed by atoms with Gasteiger partial charge in [0.1, 0.15) is 12.2 Å². The van der Waals surface area contributed by atoms with Crippen LogP contribution in [0.15, 0.2) is 24.4 Å². The zero-order valence-electron chi connectivity index (χ0n) is 20.0. The van der Waals surface area contributed by atoms with E-state index < -0.39 is 11.7 Å². The van der Waals surface area contributed by atoms with Crippen LogP contribution >= 0.6 is 11.8 Å². The number of benzene rings is 1.